The molecule has 0 radical (unpaired) electrons. The van der Waals surface area contributed by atoms with Crippen molar-refractivity contribution in [2.75, 3.05) is 31.6 Å². The van der Waals surface area contributed by atoms with Crippen LogP contribution in [0.2, 0.25) is 0 Å². The van der Waals surface area contributed by atoms with E-state index in [2.05, 4.69) is 86.5 Å². The Bertz CT molecular complexity index is 1250. The highest BCUT2D eigenvalue weighted by molar-refractivity contribution is 5.69. The second kappa shape index (κ2) is 9.45. The number of hydrogen-bond donors (Lipinski definition) is 1. The highest BCUT2D eigenvalue weighted by Gasteiger charge is 2.20. The molecule has 1 aromatic heterocycles. The summed E-state index contributed by atoms with van der Waals surface area (Å²) in [5, 5.41) is 3.72. The summed E-state index contributed by atoms with van der Waals surface area (Å²) in [6.45, 7) is 4.71. The molecule has 3 heterocycles. The van der Waals surface area contributed by atoms with E-state index in [0.29, 0.717) is 0 Å². The first-order chi connectivity index (χ1) is 16.8. The van der Waals surface area contributed by atoms with Gasteiger partial charge in [0.2, 0.25) is 0 Å². The molecule has 6 rings (SSSR count). The largest absolute Gasteiger partial charge is 0.379 e. The van der Waals surface area contributed by atoms with Gasteiger partial charge >= 0.3 is 0 Å². The summed E-state index contributed by atoms with van der Waals surface area (Å²) in [7, 11) is 0. The van der Waals surface area contributed by atoms with Crippen LogP contribution in [-0.2, 0) is 24.1 Å². The van der Waals surface area contributed by atoms with Crippen molar-refractivity contribution < 1.29 is 4.74 Å². The molecule has 0 aliphatic carbocycles. The molecule has 0 saturated carbocycles. The zero-order valence-corrected chi connectivity index (χ0v) is 19.4. The van der Waals surface area contributed by atoms with Crippen molar-refractivity contribution >= 4 is 11.4 Å². The summed E-state index contributed by atoms with van der Waals surface area (Å²) < 4.78 is 7.69. The molecule has 1 unspecified atom stereocenters. The maximum Gasteiger partial charge on any atom is 0.0954 e. The van der Waals surface area contributed by atoms with Crippen LogP contribution >= 0.6 is 0 Å². The van der Waals surface area contributed by atoms with Crippen LogP contribution < -0.4 is 5.32 Å². The minimum Gasteiger partial charge on any atom is -0.379 e. The van der Waals surface area contributed by atoms with Crippen molar-refractivity contribution in [2.24, 2.45) is 0 Å². The Balaban J connectivity index is 1.27. The maximum absolute atomic E-state index is 5.50. The molecule has 1 atom stereocenters. The van der Waals surface area contributed by atoms with E-state index in [0.717, 1.165) is 45.7 Å². The van der Waals surface area contributed by atoms with Gasteiger partial charge in [-0.3, -0.25) is 4.90 Å². The summed E-state index contributed by atoms with van der Waals surface area (Å²) in [6, 6.07) is 24.6. The number of rotatable bonds is 5. The van der Waals surface area contributed by atoms with Crippen molar-refractivity contribution in [3.05, 3.63) is 113 Å². The third-order valence-corrected chi connectivity index (χ3v) is 7.00. The summed E-state index contributed by atoms with van der Waals surface area (Å²) in [5.74, 6) is 0. The molecule has 4 aromatic rings. The number of benzene rings is 3. The van der Waals surface area contributed by atoms with Gasteiger partial charge in [0.25, 0.3) is 0 Å². The Kier molecular flexibility index (Phi) is 5.88. The van der Waals surface area contributed by atoms with Crippen LogP contribution in [0.15, 0.2) is 85.5 Å². The van der Waals surface area contributed by atoms with Crippen LogP contribution in [0.25, 0.3) is 0 Å². The fraction of sp³-hybridized carbons (Fsp3) is 0.276. The number of nitrogens with one attached hydrogen (secondary N) is 1. The fourth-order valence-corrected chi connectivity index (χ4v) is 5.21. The normalized spacial score (nSPS) is 16.7. The second-order valence-corrected chi connectivity index (χ2v) is 9.24. The van der Waals surface area contributed by atoms with E-state index in [1.165, 1.54) is 39.2 Å². The number of ether oxygens (including phenoxy) is 1. The molecule has 3 aromatic carbocycles. The first kappa shape index (κ1) is 21.1. The van der Waals surface area contributed by atoms with Gasteiger partial charge in [0.15, 0.2) is 0 Å². The van der Waals surface area contributed by atoms with Gasteiger partial charge in [0.05, 0.1) is 25.6 Å². The Labute approximate surface area is 201 Å². The summed E-state index contributed by atoms with van der Waals surface area (Å²) in [6.07, 6.45) is 7.87. The van der Waals surface area contributed by atoms with E-state index in [1.54, 1.807) is 0 Å². The van der Waals surface area contributed by atoms with Gasteiger partial charge in [-0.1, -0.05) is 54.6 Å². The minimum atomic E-state index is 0.111. The average molecular weight is 451 g/mol. The number of anilines is 2. The smallest absolute Gasteiger partial charge is 0.0954 e. The van der Waals surface area contributed by atoms with E-state index in [-0.39, 0.29) is 6.04 Å². The molecule has 5 heteroatoms. The van der Waals surface area contributed by atoms with Crippen molar-refractivity contribution in [2.45, 2.75) is 25.4 Å². The fourth-order valence-electron chi connectivity index (χ4n) is 5.21. The highest BCUT2D eigenvalue weighted by atomic mass is 16.5. The average Bonchev–Trinajstić information content (AvgIpc) is 3.34. The number of aromatic nitrogens is 2. The molecular weight excluding hydrogens is 420 g/mol. The van der Waals surface area contributed by atoms with E-state index in [9.17, 15) is 0 Å². The molecule has 0 spiro atoms. The van der Waals surface area contributed by atoms with Gasteiger partial charge in [-0.25, -0.2) is 4.98 Å². The number of nitrogens with zero attached hydrogens (tertiary/aromatic N) is 3. The van der Waals surface area contributed by atoms with Crippen LogP contribution in [0.3, 0.4) is 0 Å². The molecule has 1 N–H and O–H groups in total. The molecule has 2 aliphatic heterocycles. The van der Waals surface area contributed by atoms with Crippen molar-refractivity contribution in [3.63, 3.8) is 0 Å². The van der Waals surface area contributed by atoms with Crippen molar-refractivity contribution in [1.29, 1.82) is 0 Å². The quantitative estimate of drug-likeness (QED) is 0.454. The lowest BCUT2D eigenvalue weighted by molar-refractivity contribution is 0.0342. The van der Waals surface area contributed by atoms with Crippen LogP contribution in [0, 0.1) is 0 Å². The number of morpholine rings is 1. The van der Waals surface area contributed by atoms with Gasteiger partial charge in [0, 0.05) is 43.4 Å². The molecule has 0 amide bonds. The standard InChI is InChI=1S/C29H30N4O/c1-2-4-23(5-3-1)29(33-13-12-30-21-33)26-9-11-28-25(19-26)8-7-24-18-22(6-10-27(24)31-28)20-32-14-16-34-17-15-32/h1-6,9-13,18-19,21,29,31H,7-8,14-17,20H2. The Morgan fingerprint density at radius 2 is 1.62 bits per heavy atom. The Hall–Kier alpha value is -3.41. The third kappa shape index (κ3) is 4.37. The van der Waals surface area contributed by atoms with Crippen LogP contribution in [-0.4, -0.2) is 40.8 Å². The highest BCUT2D eigenvalue weighted by Crippen LogP contribution is 2.34. The molecule has 0 bridgehead atoms. The number of fused-ring (bicyclic) bond motifs is 2. The van der Waals surface area contributed by atoms with E-state index in [1.807, 2.05) is 18.7 Å². The maximum atomic E-state index is 5.50. The monoisotopic (exact) mass is 450 g/mol. The van der Waals surface area contributed by atoms with Crippen LogP contribution in [0.5, 0.6) is 0 Å². The number of hydrogen-bond acceptors (Lipinski definition) is 4. The van der Waals surface area contributed by atoms with Crippen molar-refractivity contribution in [1.82, 2.24) is 14.5 Å². The van der Waals surface area contributed by atoms with Crippen LogP contribution in [0.1, 0.15) is 33.9 Å². The molecule has 34 heavy (non-hydrogen) atoms. The SMILES string of the molecule is c1ccc(C(c2ccc3c(c2)CCc2cc(CN4CCOCC4)ccc2N3)n2ccnc2)cc1. The summed E-state index contributed by atoms with van der Waals surface area (Å²) >= 11 is 0. The third-order valence-electron chi connectivity index (χ3n) is 7.00. The zero-order valence-electron chi connectivity index (χ0n) is 19.4. The molecule has 1 saturated heterocycles. The predicted molar refractivity (Wildman–Crippen MR) is 136 cm³/mol. The molecular formula is C29H30N4O. The molecule has 5 nitrogen and oxygen atoms in total. The Morgan fingerprint density at radius 3 is 2.38 bits per heavy atom. The molecule has 1 fully saturated rings. The minimum absolute atomic E-state index is 0.111. The topological polar surface area (TPSA) is 42.3 Å². The molecule has 172 valence electrons. The van der Waals surface area contributed by atoms with Crippen LogP contribution in [0.4, 0.5) is 11.4 Å². The van der Waals surface area contributed by atoms with Gasteiger partial charge in [0.1, 0.15) is 0 Å². The van der Waals surface area contributed by atoms with Gasteiger partial charge < -0.3 is 14.6 Å². The lowest BCUT2D eigenvalue weighted by atomic mass is 9.94. The van der Waals surface area contributed by atoms with E-state index < -0.39 is 0 Å². The first-order valence-electron chi connectivity index (χ1n) is 12.2. The number of aryl methyl sites for hydroxylation is 2. The summed E-state index contributed by atoms with van der Waals surface area (Å²) in [4.78, 5) is 6.80. The molecule has 2 aliphatic rings. The van der Waals surface area contributed by atoms with Gasteiger partial charge in [-0.15, -0.1) is 0 Å². The second-order valence-electron chi connectivity index (χ2n) is 9.24. The van der Waals surface area contributed by atoms with E-state index in [4.69, 9.17) is 4.74 Å². The Morgan fingerprint density at radius 1 is 0.853 bits per heavy atom. The van der Waals surface area contributed by atoms with Gasteiger partial charge in [-0.05, 0) is 52.8 Å². The van der Waals surface area contributed by atoms with Crippen molar-refractivity contribution in [3.8, 4) is 0 Å². The zero-order chi connectivity index (χ0) is 22.7. The van der Waals surface area contributed by atoms with Gasteiger partial charge in [-0.2, -0.15) is 0 Å². The lowest BCUT2D eigenvalue weighted by Gasteiger charge is -2.26. The lowest BCUT2D eigenvalue weighted by Crippen LogP contribution is -2.35. The first-order valence-corrected chi connectivity index (χ1v) is 12.2. The number of imidazole rings is 1. The summed E-state index contributed by atoms with van der Waals surface area (Å²) in [5.41, 5.74) is 9.13. The predicted octanol–water partition coefficient (Wildman–Crippen LogP) is 5.20. The van der Waals surface area contributed by atoms with E-state index >= 15 is 0 Å².